The van der Waals surface area contributed by atoms with Crippen molar-refractivity contribution in [3.8, 4) is 0 Å². The molecule has 0 unspecified atom stereocenters. The second kappa shape index (κ2) is 8.85. The minimum Gasteiger partial charge on any atom is -0.370 e. The van der Waals surface area contributed by atoms with Gasteiger partial charge in [0.2, 0.25) is 0 Å². The minimum atomic E-state index is 0.728. The van der Waals surface area contributed by atoms with Gasteiger partial charge in [0.1, 0.15) is 17.5 Å². The van der Waals surface area contributed by atoms with Gasteiger partial charge in [0, 0.05) is 25.2 Å². The first-order chi connectivity index (χ1) is 10.1. The summed E-state index contributed by atoms with van der Waals surface area (Å²) in [7, 11) is 0. The lowest BCUT2D eigenvalue weighted by Gasteiger charge is -2.28. The molecule has 0 atom stereocenters. The van der Waals surface area contributed by atoms with Gasteiger partial charge in [0.15, 0.2) is 0 Å². The van der Waals surface area contributed by atoms with Crippen LogP contribution in [0.4, 0.5) is 11.6 Å². The molecule has 1 rings (SSSR count). The lowest BCUT2D eigenvalue weighted by Crippen LogP contribution is -2.31. The Hall–Kier alpha value is -1.32. The van der Waals surface area contributed by atoms with E-state index in [0.717, 1.165) is 49.4 Å². The second-order valence-electron chi connectivity index (χ2n) is 5.72. The highest BCUT2D eigenvalue weighted by atomic mass is 15.2. The first-order valence-electron chi connectivity index (χ1n) is 8.41. The third-order valence-electron chi connectivity index (χ3n) is 4.09. The molecule has 0 spiro atoms. The number of aromatic nitrogens is 2. The van der Waals surface area contributed by atoms with Crippen molar-refractivity contribution in [1.82, 2.24) is 9.97 Å². The summed E-state index contributed by atoms with van der Waals surface area (Å²) < 4.78 is 0. The van der Waals surface area contributed by atoms with E-state index in [9.17, 15) is 0 Å². The summed E-state index contributed by atoms with van der Waals surface area (Å²) in [4.78, 5) is 11.7. The van der Waals surface area contributed by atoms with Crippen LogP contribution in [0.3, 0.4) is 0 Å². The van der Waals surface area contributed by atoms with Crippen LogP contribution in [-0.4, -0.2) is 29.6 Å². The molecule has 0 saturated heterocycles. The lowest BCUT2D eigenvalue weighted by molar-refractivity contribution is 0.484. The Morgan fingerprint density at radius 2 is 1.71 bits per heavy atom. The van der Waals surface area contributed by atoms with Crippen molar-refractivity contribution in [3.05, 3.63) is 11.4 Å². The van der Waals surface area contributed by atoms with Crippen LogP contribution in [0.25, 0.3) is 0 Å². The van der Waals surface area contributed by atoms with Gasteiger partial charge >= 0.3 is 0 Å². The number of nitrogens with one attached hydrogen (secondary N) is 1. The largest absolute Gasteiger partial charge is 0.370 e. The summed E-state index contributed by atoms with van der Waals surface area (Å²) >= 11 is 0. The Morgan fingerprint density at radius 1 is 1.05 bits per heavy atom. The molecule has 4 heteroatoms. The van der Waals surface area contributed by atoms with Gasteiger partial charge < -0.3 is 10.2 Å². The van der Waals surface area contributed by atoms with E-state index < -0.39 is 0 Å². The first kappa shape index (κ1) is 17.7. The molecule has 0 radical (unpaired) electrons. The number of rotatable bonds is 9. The van der Waals surface area contributed by atoms with Crippen LogP contribution in [0.2, 0.25) is 0 Å². The number of hydrogen-bond acceptors (Lipinski definition) is 4. The average Bonchev–Trinajstić information content (AvgIpc) is 2.49. The van der Waals surface area contributed by atoms with Crippen molar-refractivity contribution < 1.29 is 0 Å². The topological polar surface area (TPSA) is 41.1 Å². The van der Waals surface area contributed by atoms with E-state index in [0.29, 0.717) is 0 Å². The van der Waals surface area contributed by atoms with Gasteiger partial charge in [-0.1, -0.05) is 33.6 Å². The Kier molecular flexibility index (Phi) is 7.48. The molecule has 0 amide bonds. The normalized spacial score (nSPS) is 11.0. The molecule has 0 aliphatic carbocycles. The Morgan fingerprint density at radius 3 is 2.24 bits per heavy atom. The van der Waals surface area contributed by atoms with E-state index in [1.165, 1.54) is 18.4 Å². The predicted molar refractivity (Wildman–Crippen MR) is 92.2 cm³/mol. The molecule has 4 nitrogen and oxygen atoms in total. The summed E-state index contributed by atoms with van der Waals surface area (Å²) in [5, 5.41) is 3.43. The number of nitrogens with zero attached hydrogens (tertiary/aromatic N) is 3. The zero-order chi connectivity index (χ0) is 15.8. The molecule has 120 valence electrons. The van der Waals surface area contributed by atoms with Gasteiger partial charge in [-0.2, -0.15) is 0 Å². The van der Waals surface area contributed by atoms with Crippen molar-refractivity contribution >= 4 is 11.6 Å². The minimum absolute atomic E-state index is 0.728. The number of hydrogen-bond donors (Lipinski definition) is 1. The summed E-state index contributed by atoms with van der Waals surface area (Å²) in [6.45, 7) is 16.0. The van der Waals surface area contributed by atoms with Crippen LogP contribution in [0, 0.1) is 19.8 Å². The average molecular weight is 292 g/mol. The van der Waals surface area contributed by atoms with Gasteiger partial charge in [0.05, 0.1) is 0 Å². The van der Waals surface area contributed by atoms with Crippen LogP contribution in [-0.2, 0) is 0 Å². The van der Waals surface area contributed by atoms with Crippen molar-refractivity contribution in [2.24, 2.45) is 5.92 Å². The summed E-state index contributed by atoms with van der Waals surface area (Å²) in [6.07, 6.45) is 3.54. The third-order valence-corrected chi connectivity index (χ3v) is 4.09. The fourth-order valence-electron chi connectivity index (χ4n) is 2.56. The highest BCUT2D eigenvalue weighted by Gasteiger charge is 2.17. The van der Waals surface area contributed by atoms with Crippen LogP contribution < -0.4 is 10.2 Å². The monoisotopic (exact) mass is 292 g/mol. The fraction of sp³-hybridized carbons (Fsp3) is 0.765. The molecule has 21 heavy (non-hydrogen) atoms. The zero-order valence-corrected chi connectivity index (χ0v) is 14.7. The van der Waals surface area contributed by atoms with E-state index in [1.54, 1.807) is 0 Å². The van der Waals surface area contributed by atoms with Crippen molar-refractivity contribution in [2.45, 2.75) is 60.8 Å². The third kappa shape index (κ3) is 4.87. The molecule has 1 aromatic rings. The molecular formula is C17H32N4. The van der Waals surface area contributed by atoms with Crippen LogP contribution >= 0.6 is 0 Å². The molecule has 0 bridgehead atoms. The van der Waals surface area contributed by atoms with Crippen molar-refractivity contribution in [2.75, 3.05) is 29.9 Å². The molecule has 1 aromatic heterocycles. The van der Waals surface area contributed by atoms with Gasteiger partial charge in [-0.05, 0) is 33.1 Å². The van der Waals surface area contributed by atoms with E-state index in [1.807, 2.05) is 6.92 Å². The van der Waals surface area contributed by atoms with E-state index in [4.69, 9.17) is 4.98 Å². The van der Waals surface area contributed by atoms with E-state index in [2.05, 4.69) is 49.8 Å². The summed E-state index contributed by atoms with van der Waals surface area (Å²) in [6, 6.07) is 0. The SMILES string of the molecule is CCCNc1nc(C)nc(N(CC)CC(CC)CC)c1C. The Labute approximate surface area is 130 Å². The van der Waals surface area contributed by atoms with E-state index >= 15 is 0 Å². The van der Waals surface area contributed by atoms with Crippen molar-refractivity contribution in [3.63, 3.8) is 0 Å². The highest BCUT2D eigenvalue weighted by Crippen LogP contribution is 2.25. The Bertz CT molecular complexity index is 427. The zero-order valence-electron chi connectivity index (χ0n) is 14.7. The highest BCUT2D eigenvalue weighted by molar-refractivity contribution is 5.58. The first-order valence-corrected chi connectivity index (χ1v) is 8.41. The van der Waals surface area contributed by atoms with E-state index in [-0.39, 0.29) is 0 Å². The van der Waals surface area contributed by atoms with Gasteiger partial charge in [-0.3, -0.25) is 0 Å². The summed E-state index contributed by atoms with van der Waals surface area (Å²) in [5.41, 5.74) is 1.17. The molecule has 0 saturated carbocycles. The lowest BCUT2D eigenvalue weighted by atomic mass is 10.0. The fourth-order valence-corrected chi connectivity index (χ4v) is 2.56. The molecule has 0 aliphatic rings. The molecule has 0 aromatic carbocycles. The molecular weight excluding hydrogens is 260 g/mol. The van der Waals surface area contributed by atoms with Crippen molar-refractivity contribution in [1.29, 1.82) is 0 Å². The summed E-state index contributed by atoms with van der Waals surface area (Å²) in [5.74, 6) is 3.65. The van der Waals surface area contributed by atoms with Crippen LogP contribution in [0.5, 0.6) is 0 Å². The molecule has 1 N–H and O–H groups in total. The quantitative estimate of drug-likeness (QED) is 0.741. The molecule has 1 heterocycles. The molecule has 0 aliphatic heterocycles. The molecule has 0 fully saturated rings. The maximum Gasteiger partial charge on any atom is 0.137 e. The predicted octanol–water partition coefficient (Wildman–Crippen LogP) is 4.18. The van der Waals surface area contributed by atoms with Crippen LogP contribution in [0.15, 0.2) is 0 Å². The standard InChI is InChI=1S/C17H32N4/c1-7-11-18-16-13(5)17(20-14(6)19-16)21(10-4)12-15(8-2)9-3/h15H,7-12H2,1-6H3,(H,18,19,20). The second-order valence-corrected chi connectivity index (χ2v) is 5.72. The number of aryl methyl sites for hydroxylation is 1. The van der Waals surface area contributed by atoms with Gasteiger partial charge in [0.25, 0.3) is 0 Å². The van der Waals surface area contributed by atoms with Gasteiger partial charge in [-0.15, -0.1) is 0 Å². The smallest absolute Gasteiger partial charge is 0.137 e. The van der Waals surface area contributed by atoms with Crippen LogP contribution in [0.1, 0.15) is 58.3 Å². The maximum atomic E-state index is 4.71. The maximum absolute atomic E-state index is 4.71. The number of anilines is 2. The Balaban J connectivity index is 3.05. The van der Waals surface area contributed by atoms with Gasteiger partial charge in [-0.25, -0.2) is 9.97 Å².